The molecule has 3 aromatic rings. The van der Waals surface area contributed by atoms with E-state index in [1.807, 2.05) is 90.1 Å². The highest BCUT2D eigenvalue weighted by molar-refractivity contribution is 7.92. The van der Waals surface area contributed by atoms with Crippen LogP contribution in [0.3, 0.4) is 0 Å². The molecule has 7 nitrogen and oxygen atoms in total. The molecule has 0 heterocycles. The van der Waals surface area contributed by atoms with Crippen LogP contribution in [-0.4, -0.2) is 41.1 Å². The van der Waals surface area contributed by atoms with Gasteiger partial charge in [0.1, 0.15) is 24.3 Å². The monoisotopic (exact) mass is 581 g/mol. The van der Waals surface area contributed by atoms with Crippen molar-refractivity contribution in [2.24, 2.45) is 0 Å². The van der Waals surface area contributed by atoms with Crippen LogP contribution in [0.1, 0.15) is 68.0 Å². The number of carbonyl (C=O) groups is 1. The number of ether oxygens (including phenoxy) is 3. The Bertz CT molecular complexity index is 1350. The molecular weight excluding hydrogens is 538 g/mol. The molecule has 0 saturated heterocycles. The summed E-state index contributed by atoms with van der Waals surface area (Å²) in [5.41, 5.74) is 5.16. The van der Waals surface area contributed by atoms with Gasteiger partial charge in [-0.25, -0.2) is 4.79 Å². The molecule has 8 heteroatoms. The largest absolute Gasteiger partial charge is 0.593 e. The van der Waals surface area contributed by atoms with Crippen molar-refractivity contribution in [3.63, 3.8) is 0 Å². The van der Waals surface area contributed by atoms with Crippen LogP contribution in [0.2, 0.25) is 0 Å². The summed E-state index contributed by atoms with van der Waals surface area (Å²) in [5, 5.41) is 10.5. The minimum absolute atomic E-state index is 0.292. The van der Waals surface area contributed by atoms with Gasteiger partial charge in [0.2, 0.25) is 0 Å². The molecular formula is C33H43NO6S. The maximum Gasteiger partial charge on any atom is 0.337 e. The molecule has 0 aromatic heterocycles. The smallest absolute Gasteiger partial charge is 0.337 e. The van der Waals surface area contributed by atoms with Gasteiger partial charge in [-0.2, -0.15) is 4.31 Å². The number of aliphatic carboxylic acids is 1. The predicted octanol–water partition coefficient (Wildman–Crippen LogP) is 7.32. The van der Waals surface area contributed by atoms with Crippen molar-refractivity contribution < 1.29 is 28.7 Å². The average molecular weight is 582 g/mol. The van der Waals surface area contributed by atoms with Crippen molar-refractivity contribution in [3.8, 4) is 22.6 Å². The third-order valence-corrected chi connectivity index (χ3v) is 7.72. The Morgan fingerprint density at radius 1 is 1.05 bits per heavy atom. The minimum Gasteiger partial charge on any atom is -0.593 e. The quantitative estimate of drug-likeness (QED) is 0.224. The van der Waals surface area contributed by atoms with Crippen molar-refractivity contribution in [1.82, 2.24) is 0 Å². The molecule has 0 radical (unpaired) electrons. The molecule has 2 unspecified atom stereocenters. The Kier molecular flexibility index (Phi) is 10.8. The fourth-order valence-electron chi connectivity index (χ4n) is 4.86. The van der Waals surface area contributed by atoms with Gasteiger partial charge in [0.15, 0.2) is 11.9 Å². The van der Waals surface area contributed by atoms with E-state index in [1.165, 1.54) is 0 Å². The van der Waals surface area contributed by atoms with Crippen LogP contribution in [0.5, 0.6) is 11.5 Å². The van der Waals surface area contributed by atoms with Crippen molar-refractivity contribution in [2.45, 2.75) is 73.2 Å². The SMILES string of the molecule is CCCOc1ccc(-c2c(C)c(OCc3ccccc3)c(N(C)[S+](C)[O-])c(C)c2C(OC(C)(C)C)C(=O)O)cc1C. The Morgan fingerprint density at radius 3 is 2.24 bits per heavy atom. The van der Waals surface area contributed by atoms with E-state index in [1.54, 1.807) is 17.6 Å². The van der Waals surface area contributed by atoms with Crippen LogP contribution in [0.15, 0.2) is 48.5 Å². The Hall–Kier alpha value is -3.20. The van der Waals surface area contributed by atoms with E-state index in [9.17, 15) is 14.5 Å². The maximum atomic E-state index is 12.8. The third-order valence-electron chi connectivity index (χ3n) is 6.77. The van der Waals surface area contributed by atoms with E-state index in [0.717, 1.165) is 34.4 Å². The fourth-order valence-corrected chi connectivity index (χ4v) is 5.33. The standard InChI is InChI=1S/C33H43NO6S/c1-10-18-38-26-17-16-25(19-21(26)2)27-23(4)30(39-20-24-14-12-11-13-15-24)29(34(8)41(9)37)22(3)28(27)31(32(35)36)40-33(5,6)7/h11-17,19,31H,10,18,20H2,1-9H3,(H,35,36). The molecule has 1 N–H and O–H groups in total. The van der Waals surface area contributed by atoms with Gasteiger partial charge in [0.25, 0.3) is 0 Å². The summed E-state index contributed by atoms with van der Waals surface area (Å²) in [6, 6.07) is 15.7. The molecule has 0 bridgehead atoms. The van der Waals surface area contributed by atoms with Crippen molar-refractivity contribution in [2.75, 3.05) is 24.2 Å². The van der Waals surface area contributed by atoms with Gasteiger partial charge in [0.05, 0.1) is 30.6 Å². The van der Waals surface area contributed by atoms with E-state index in [4.69, 9.17) is 14.2 Å². The lowest BCUT2D eigenvalue weighted by molar-refractivity contribution is -0.160. The number of carboxylic acid groups (broad SMARTS) is 1. The first-order valence-electron chi connectivity index (χ1n) is 13.8. The summed E-state index contributed by atoms with van der Waals surface area (Å²) >= 11 is -1.40. The second kappa shape index (κ2) is 13.6. The lowest BCUT2D eigenvalue weighted by atomic mass is 9.86. The van der Waals surface area contributed by atoms with Gasteiger partial charge in [-0.3, -0.25) is 0 Å². The molecule has 0 amide bonds. The zero-order chi connectivity index (χ0) is 30.5. The minimum atomic E-state index is -1.40. The molecule has 2 atom stereocenters. The molecule has 0 aliphatic carbocycles. The highest BCUT2D eigenvalue weighted by Gasteiger charge is 2.36. The van der Waals surface area contributed by atoms with E-state index in [0.29, 0.717) is 41.3 Å². The van der Waals surface area contributed by atoms with Gasteiger partial charge in [0, 0.05) is 11.1 Å². The normalized spacial score (nSPS) is 13.0. The number of rotatable bonds is 12. The topological polar surface area (TPSA) is 91.3 Å². The van der Waals surface area contributed by atoms with E-state index < -0.39 is 29.0 Å². The Labute approximate surface area is 247 Å². The zero-order valence-electron chi connectivity index (χ0n) is 25.7. The molecule has 3 aromatic carbocycles. The molecule has 0 spiro atoms. The van der Waals surface area contributed by atoms with Gasteiger partial charge >= 0.3 is 5.97 Å². The van der Waals surface area contributed by atoms with Crippen LogP contribution < -0.4 is 13.8 Å². The van der Waals surface area contributed by atoms with Crippen molar-refractivity contribution in [1.29, 1.82) is 0 Å². The second-order valence-corrected chi connectivity index (χ2v) is 12.6. The van der Waals surface area contributed by atoms with Crippen LogP contribution in [-0.2, 0) is 27.5 Å². The fraction of sp³-hybridized carbons (Fsp3) is 0.424. The molecule has 0 aliphatic heterocycles. The number of carboxylic acids is 1. The first kappa shape index (κ1) is 32.3. The van der Waals surface area contributed by atoms with Crippen molar-refractivity contribution >= 4 is 23.0 Å². The zero-order valence-corrected chi connectivity index (χ0v) is 26.5. The number of anilines is 1. The third kappa shape index (κ3) is 7.76. The molecule has 0 fully saturated rings. The van der Waals surface area contributed by atoms with Gasteiger partial charge in [-0.05, 0) is 87.9 Å². The van der Waals surface area contributed by atoms with E-state index in [2.05, 4.69) is 6.92 Å². The van der Waals surface area contributed by atoms with Gasteiger partial charge in [-0.15, -0.1) is 0 Å². The first-order valence-corrected chi connectivity index (χ1v) is 15.3. The number of aryl methyl sites for hydroxylation is 1. The van der Waals surface area contributed by atoms with Gasteiger partial charge in [-0.1, -0.05) is 43.3 Å². The van der Waals surface area contributed by atoms with Gasteiger partial charge < -0.3 is 23.9 Å². The summed E-state index contributed by atoms with van der Waals surface area (Å²) in [6.45, 7) is 14.2. The Morgan fingerprint density at radius 2 is 1.71 bits per heavy atom. The first-order chi connectivity index (χ1) is 19.3. The highest BCUT2D eigenvalue weighted by Crippen LogP contribution is 2.48. The molecule has 0 aliphatic rings. The molecule has 41 heavy (non-hydrogen) atoms. The van der Waals surface area contributed by atoms with E-state index >= 15 is 0 Å². The maximum absolute atomic E-state index is 12.8. The van der Waals surface area contributed by atoms with E-state index in [-0.39, 0.29) is 0 Å². The summed E-state index contributed by atoms with van der Waals surface area (Å²) < 4.78 is 33.0. The summed E-state index contributed by atoms with van der Waals surface area (Å²) in [7, 11) is 1.72. The number of hydrogen-bond donors (Lipinski definition) is 1. The summed E-state index contributed by atoms with van der Waals surface area (Å²) in [5.74, 6) is 0.227. The average Bonchev–Trinajstić information content (AvgIpc) is 2.90. The Balaban J connectivity index is 2.38. The second-order valence-electron chi connectivity index (χ2n) is 11.2. The number of nitrogens with zero attached hydrogens (tertiary/aromatic N) is 1. The highest BCUT2D eigenvalue weighted by atomic mass is 32.2. The van der Waals surface area contributed by atoms with Crippen LogP contribution in [0.4, 0.5) is 5.69 Å². The predicted molar refractivity (Wildman–Crippen MR) is 166 cm³/mol. The molecule has 0 saturated carbocycles. The number of benzene rings is 3. The van der Waals surface area contributed by atoms with Crippen LogP contribution in [0, 0.1) is 20.8 Å². The lowest BCUT2D eigenvalue weighted by Gasteiger charge is -2.32. The molecule has 222 valence electrons. The van der Waals surface area contributed by atoms with Crippen LogP contribution >= 0.6 is 0 Å². The molecule has 3 rings (SSSR count). The summed E-state index contributed by atoms with van der Waals surface area (Å²) in [4.78, 5) is 12.8. The number of hydrogen-bond acceptors (Lipinski definition) is 6. The summed E-state index contributed by atoms with van der Waals surface area (Å²) in [6.07, 6.45) is 1.20. The lowest BCUT2D eigenvalue weighted by Crippen LogP contribution is -2.30. The van der Waals surface area contributed by atoms with Crippen molar-refractivity contribution in [3.05, 3.63) is 76.3 Å². The van der Waals surface area contributed by atoms with Crippen LogP contribution in [0.25, 0.3) is 11.1 Å².